The number of carbonyl (C=O) groups is 2. The average Bonchev–Trinajstić information content (AvgIpc) is 2.98. The summed E-state index contributed by atoms with van der Waals surface area (Å²) < 4.78 is 19.1. The topological polar surface area (TPSA) is 83.0 Å². The lowest BCUT2D eigenvalue weighted by Gasteiger charge is -2.25. The number of aromatic nitrogens is 1. The lowest BCUT2D eigenvalue weighted by molar-refractivity contribution is -0.140. The van der Waals surface area contributed by atoms with Crippen LogP contribution >= 0.6 is 0 Å². The lowest BCUT2D eigenvalue weighted by Crippen LogP contribution is -2.32. The molecule has 2 aromatic rings. The number of benzene rings is 1. The number of Topliss-reactive ketones (excluding diaryl/α,β-unsaturated/α-hetero) is 1. The van der Waals surface area contributed by atoms with Crippen molar-refractivity contribution in [3.8, 4) is 5.75 Å². The number of ether oxygens (including phenoxy) is 1. The van der Waals surface area contributed by atoms with Gasteiger partial charge in [-0.15, -0.1) is 0 Å². The molecule has 1 aromatic heterocycles. The SMILES string of the molecule is COc1ccc(C(O)=C2C(=O)C(=O)N(CCCN(C)C)[C@H]2c2ccccn2)cc1F. The highest BCUT2D eigenvalue weighted by Crippen LogP contribution is 2.39. The number of nitrogens with zero attached hydrogens (tertiary/aromatic N) is 3. The molecule has 1 aliphatic rings. The van der Waals surface area contributed by atoms with Gasteiger partial charge in [-0.2, -0.15) is 0 Å². The number of rotatable bonds is 7. The minimum Gasteiger partial charge on any atom is -0.507 e. The molecule has 1 amide bonds. The largest absolute Gasteiger partial charge is 0.507 e. The molecule has 0 bridgehead atoms. The van der Waals surface area contributed by atoms with Gasteiger partial charge in [0.1, 0.15) is 11.8 Å². The van der Waals surface area contributed by atoms with E-state index in [1.165, 1.54) is 24.1 Å². The van der Waals surface area contributed by atoms with Gasteiger partial charge in [-0.05, 0) is 57.4 Å². The van der Waals surface area contributed by atoms with Gasteiger partial charge in [-0.1, -0.05) is 6.07 Å². The summed E-state index contributed by atoms with van der Waals surface area (Å²) in [6, 6.07) is 8.18. The van der Waals surface area contributed by atoms with Gasteiger partial charge in [0.05, 0.1) is 18.4 Å². The Morgan fingerprint density at radius 3 is 2.63 bits per heavy atom. The highest BCUT2D eigenvalue weighted by atomic mass is 19.1. The van der Waals surface area contributed by atoms with E-state index in [1.807, 2.05) is 19.0 Å². The molecule has 0 saturated carbocycles. The summed E-state index contributed by atoms with van der Waals surface area (Å²) >= 11 is 0. The molecule has 1 aliphatic heterocycles. The number of aliphatic hydroxyl groups excluding tert-OH is 1. The third-order valence-electron chi connectivity index (χ3n) is 4.94. The molecule has 1 fully saturated rings. The Bertz CT molecular complexity index is 976. The van der Waals surface area contributed by atoms with Gasteiger partial charge in [-0.3, -0.25) is 14.6 Å². The fourth-order valence-corrected chi connectivity index (χ4v) is 3.48. The van der Waals surface area contributed by atoms with Crippen LogP contribution in [0.4, 0.5) is 4.39 Å². The van der Waals surface area contributed by atoms with Crippen molar-refractivity contribution in [2.24, 2.45) is 0 Å². The van der Waals surface area contributed by atoms with Crippen LogP contribution < -0.4 is 4.74 Å². The summed E-state index contributed by atoms with van der Waals surface area (Å²) in [7, 11) is 5.17. The number of carbonyl (C=O) groups excluding carboxylic acids is 2. The van der Waals surface area contributed by atoms with E-state index in [2.05, 4.69) is 4.98 Å². The van der Waals surface area contributed by atoms with Crippen molar-refractivity contribution < 1.29 is 23.8 Å². The number of amides is 1. The maximum atomic E-state index is 14.2. The summed E-state index contributed by atoms with van der Waals surface area (Å²) in [5.41, 5.74) is 0.436. The number of pyridine rings is 1. The summed E-state index contributed by atoms with van der Waals surface area (Å²) in [5, 5.41) is 10.9. The molecule has 158 valence electrons. The zero-order valence-electron chi connectivity index (χ0n) is 17.1. The van der Waals surface area contributed by atoms with Gasteiger partial charge >= 0.3 is 0 Å². The van der Waals surface area contributed by atoms with E-state index in [1.54, 1.807) is 24.4 Å². The number of halogens is 1. The second kappa shape index (κ2) is 9.04. The Balaban J connectivity index is 2.08. The summed E-state index contributed by atoms with van der Waals surface area (Å²) in [5.74, 6) is -2.64. The van der Waals surface area contributed by atoms with Gasteiger partial charge in [0.25, 0.3) is 11.7 Å². The zero-order chi connectivity index (χ0) is 21.8. The molecule has 3 rings (SSSR count). The molecule has 1 saturated heterocycles. The fourth-order valence-electron chi connectivity index (χ4n) is 3.48. The van der Waals surface area contributed by atoms with Crippen molar-refractivity contribution in [2.75, 3.05) is 34.3 Å². The first-order valence-corrected chi connectivity index (χ1v) is 9.53. The number of hydrogen-bond donors (Lipinski definition) is 1. The second-order valence-electron chi connectivity index (χ2n) is 7.25. The molecule has 8 heteroatoms. The Morgan fingerprint density at radius 2 is 2.03 bits per heavy atom. The third-order valence-corrected chi connectivity index (χ3v) is 4.94. The van der Waals surface area contributed by atoms with Gasteiger partial charge in [0, 0.05) is 18.3 Å². The summed E-state index contributed by atoms with van der Waals surface area (Å²) in [4.78, 5) is 33.3. The van der Waals surface area contributed by atoms with Gasteiger partial charge in [-0.25, -0.2) is 4.39 Å². The molecular formula is C22H24FN3O4. The van der Waals surface area contributed by atoms with Gasteiger partial charge in [0.2, 0.25) is 0 Å². The molecule has 0 radical (unpaired) electrons. The molecule has 2 heterocycles. The molecule has 1 atom stereocenters. The Morgan fingerprint density at radius 1 is 1.27 bits per heavy atom. The van der Waals surface area contributed by atoms with E-state index in [9.17, 15) is 19.1 Å². The van der Waals surface area contributed by atoms with Crippen LogP contribution in [0.5, 0.6) is 5.75 Å². The van der Waals surface area contributed by atoms with Crippen LogP contribution in [0.3, 0.4) is 0 Å². The van der Waals surface area contributed by atoms with Crippen LogP contribution in [-0.2, 0) is 9.59 Å². The van der Waals surface area contributed by atoms with Crippen LogP contribution in [-0.4, -0.2) is 65.9 Å². The van der Waals surface area contributed by atoms with Crippen molar-refractivity contribution in [3.63, 3.8) is 0 Å². The number of hydrogen-bond acceptors (Lipinski definition) is 6. The monoisotopic (exact) mass is 413 g/mol. The third kappa shape index (κ3) is 4.18. The van der Waals surface area contributed by atoms with Gasteiger partial charge in [0.15, 0.2) is 11.6 Å². The Kier molecular flexibility index (Phi) is 6.47. The summed E-state index contributed by atoms with van der Waals surface area (Å²) in [6.07, 6.45) is 2.20. The van der Waals surface area contributed by atoms with Crippen molar-refractivity contribution in [2.45, 2.75) is 12.5 Å². The van der Waals surface area contributed by atoms with Crippen molar-refractivity contribution in [1.29, 1.82) is 0 Å². The molecular weight excluding hydrogens is 389 g/mol. The fraction of sp³-hybridized carbons (Fsp3) is 0.318. The van der Waals surface area contributed by atoms with E-state index >= 15 is 0 Å². The molecule has 0 unspecified atom stereocenters. The number of methoxy groups -OCH3 is 1. The number of aliphatic hydroxyl groups is 1. The Labute approximate surface area is 174 Å². The standard InChI is InChI=1S/C22H24FN3O4/c1-25(2)11-6-12-26-19(16-7-4-5-10-24-16)18(21(28)22(26)29)20(27)14-8-9-17(30-3)15(23)13-14/h4-5,7-10,13,19,27H,6,11-12H2,1-3H3/t19-/m0/s1. The normalized spacial score (nSPS) is 18.3. The maximum Gasteiger partial charge on any atom is 0.295 e. The van der Waals surface area contributed by atoms with E-state index in [0.29, 0.717) is 18.7 Å². The van der Waals surface area contributed by atoms with E-state index in [0.717, 1.165) is 12.6 Å². The maximum absolute atomic E-state index is 14.2. The quantitative estimate of drug-likeness (QED) is 0.427. The molecule has 1 aromatic carbocycles. The molecule has 0 spiro atoms. The smallest absolute Gasteiger partial charge is 0.295 e. The van der Waals surface area contributed by atoms with Crippen LogP contribution in [0.25, 0.3) is 5.76 Å². The Hall–Kier alpha value is -3.26. The van der Waals surface area contributed by atoms with Crippen LogP contribution in [0.1, 0.15) is 23.7 Å². The van der Waals surface area contributed by atoms with Crippen molar-refractivity contribution in [1.82, 2.24) is 14.8 Å². The zero-order valence-corrected chi connectivity index (χ0v) is 17.1. The highest BCUT2D eigenvalue weighted by molar-refractivity contribution is 6.46. The van der Waals surface area contributed by atoms with Crippen LogP contribution in [0.2, 0.25) is 0 Å². The van der Waals surface area contributed by atoms with E-state index in [-0.39, 0.29) is 16.9 Å². The number of likely N-dealkylation sites (tertiary alicyclic amines) is 1. The van der Waals surface area contributed by atoms with Crippen molar-refractivity contribution >= 4 is 17.4 Å². The molecule has 7 nitrogen and oxygen atoms in total. The molecule has 0 aliphatic carbocycles. The van der Waals surface area contributed by atoms with E-state index < -0.39 is 29.3 Å². The highest BCUT2D eigenvalue weighted by Gasteiger charge is 2.46. The predicted octanol–water partition coefficient (Wildman–Crippen LogP) is 2.60. The summed E-state index contributed by atoms with van der Waals surface area (Å²) in [6.45, 7) is 1.04. The number of ketones is 1. The average molecular weight is 413 g/mol. The van der Waals surface area contributed by atoms with E-state index in [4.69, 9.17) is 4.74 Å². The first kappa shape index (κ1) is 21.4. The van der Waals surface area contributed by atoms with Crippen LogP contribution in [0.15, 0.2) is 48.2 Å². The molecule has 30 heavy (non-hydrogen) atoms. The first-order valence-electron chi connectivity index (χ1n) is 9.53. The first-order chi connectivity index (χ1) is 14.3. The minimum atomic E-state index is -0.849. The second-order valence-corrected chi connectivity index (χ2v) is 7.25. The van der Waals surface area contributed by atoms with Crippen LogP contribution in [0, 0.1) is 5.82 Å². The predicted molar refractivity (Wildman–Crippen MR) is 109 cm³/mol. The minimum absolute atomic E-state index is 0.0111. The molecule has 1 N–H and O–H groups in total. The lowest BCUT2D eigenvalue weighted by atomic mass is 9.98. The van der Waals surface area contributed by atoms with Gasteiger partial charge < -0.3 is 19.6 Å². The van der Waals surface area contributed by atoms with Crippen molar-refractivity contribution in [3.05, 3.63) is 65.2 Å².